The Bertz CT molecular complexity index is 231. The van der Waals surface area contributed by atoms with Crippen molar-refractivity contribution in [1.29, 1.82) is 0 Å². The maximum absolute atomic E-state index is 4.40. The number of rotatable bonds is 0. The van der Waals surface area contributed by atoms with Gasteiger partial charge in [-0.25, -0.2) is 0 Å². The molecule has 1 rings (SSSR count). The summed E-state index contributed by atoms with van der Waals surface area (Å²) in [6.45, 7) is 4.22. The Balaban J connectivity index is 2.99. The number of thiol groups is 1. The first-order valence-electron chi connectivity index (χ1n) is 3.58. The molecular formula is C7H11HgN2S. The van der Waals surface area contributed by atoms with Crippen LogP contribution in [0.3, 0.4) is 0 Å². The molecular weight excluding hydrogens is 345 g/mol. The Morgan fingerprint density at radius 1 is 1.73 bits per heavy atom. The molecule has 0 N–H and O–H groups in total. The monoisotopic (exact) mass is 357 g/mol. The van der Waals surface area contributed by atoms with Crippen molar-refractivity contribution in [2.24, 2.45) is 11.0 Å². The van der Waals surface area contributed by atoms with Crippen LogP contribution in [0, 0.1) is 5.92 Å². The summed E-state index contributed by atoms with van der Waals surface area (Å²) in [5, 5.41) is 6.36. The molecule has 1 heterocycles. The van der Waals surface area contributed by atoms with E-state index in [1.165, 1.54) is 8.92 Å². The van der Waals surface area contributed by atoms with Gasteiger partial charge in [0.25, 0.3) is 0 Å². The number of hydrogen-bond acceptors (Lipinski definition) is 3. The summed E-state index contributed by atoms with van der Waals surface area (Å²) in [5.74, 6) is 0.515. The van der Waals surface area contributed by atoms with Gasteiger partial charge in [-0.3, -0.25) is 0 Å². The fourth-order valence-corrected chi connectivity index (χ4v) is 3.23. The van der Waals surface area contributed by atoms with Gasteiger partial charge in [0.1, 0.15) is 0 Å². The molecule has 0 bridgehead atoms. The van der Waals surface area contributed by atoms with Crippen LogP contribution in [0.25, 0.3) is 0 Å². The van der Waals surface area contributed by atoms with Crippen LogP contribution in [0.5, 0.6) is 0 Å². The molecule has 0 aromatic rings. The molecule has 0 amide bonds. The predicted molar refractivity (Wildman–Crippen MR) is 46.0 cm³/mol. The van der Waals surface area contributed by atoms with Crippen molar-refractivity contribution >= 4 is 15.8 Å². The quantitative estimate of drug-likeness (QED) is 0.515. The van der Waals surface area contributed by atoms with Crippen LogP contribution in [0.15, 0.2) is 15.7 Å². The van der Waals surface area contributed by atoms with E-state index < -0.39 is 0 Å². The van der Waals surface area contributed by atoms with Crippen molar-refractivity contribution in [1.82, 2.24) is 5.01 Å². The topological polar surface area (TPSA) is 15.6 Å². The van der Waals surface area contributed by atoms with Crippen LogP contribution in [-0.2, 0) is 26.1 Å². The van der Waals surface area contributed by atoms with Crippen LogP contribution in [0.2, 0.25) is 0 Å². The van der Waals surface area contributed by atoms with Crippen molar-refractivity contribution in [3.05, 3.63) is 10.6 Å². The van der Waals surface area contributed by atoms with Gasteiger partial charge in [0.05, 0.1) is 0 Å². The fourth-order valence-electron chi connectivity index (χ4n) is 1.32. The van der Waals surface area contributed by atoms with Crippen molar-refractivity contribution < 1.29 is 26.1 Å². The molecule has 0 saturated carbocycles. The molecule has 2 nitrogen and oxygen atoms in total. The Kier molecular flexibility index (Phi) is 3.03. The van der Waals surface area contributed by atoms with Gasteiger partial charge in [-0.2, -0.15) is 0 Å². The Morgan fingerprint density at radius 3 is 2.45 bits per heavy atom. The minimum absolute atomic E-state index is 0.515. The number of allylic oxidation sites excluding steroid dienone is 2. The average Bonchev–Trinajstić information content (AvgIpc) is 2.07. The molecule has 0 aromatic carbocycles. The summed E-state index contributed by atoms with van der Waals surface area (Å²) in [7, 11) is 1.99. The molecule has 0 radical (unpaired) electrons. The van der Waals surface area contributed by atoms with Gasteiger partial charge in [0.2, 0.25) is 0 Å². The third kappa shape index (κ3) is 1.80. The number of nitrogens with zero attached hydrogens (tertiary/aromatic N) is 2. The second kappa shape index (κ2) is 3.48. The zero-order valence-corrected chi connectivity index (χ0v) is 13.5. The van der Waals surface area contributed by atoms with E-state index in [1.54, 1.807) is 0 Å². The summed E-state index contributed by atoms with van der Waals surface area (Å²) in [6, 6.07) is 0. The molecule has 0 aromatic heterocycles. The molecule has 0 aliphatic carbocycles. The average molecular weight is 356 g/mol. The van der Waals surface area contributed by atoms with Gasteiger partial charge in [-0.1, -0.05) is 0 Å². The second-order valence-electron chi connectivity index (χ2n) is 2.81. The number of hydrogen-bond donors (Lipinski definition) is 1. The first-order chi connectivity index (χ1) is 5.04. The summed E-state index contributed by atoms with van der Waals surface area (Å²) in [4.78, 5) is 1.09. The van der Waals surface area contributed by atoms with Gasteiger partial charge in [0.15, 0.2) is 0 Å². The summed E-state index contributed by atoms with van der Waals surface area (Å²) in [6.07, 6.45) is 0. The van der Waals surface area contributed by atoms with E-state index >= 15 is 0 Å². The van der Waals surface area contributed by atoms with E-state index in [-0.39, 0.29) is 0 Å². The molecule has 57 valence electrons. The Morgan fingerprint density at radius 2 is 2.27 bits per heavy atom. The zero-order chi connectivity index (χ0) is 8.59. The second-order valence-corrected chi connectivity index (χ2v) is 6.29. The van der Waals surface area contributed by atoms with Gasteiger partial charge >= 0.3 is 89.5 Å². The van der Waals surface area contributed by atoms with Gasteiger partial charge in [0, 0.05) is 0 Å². The van der Waals surface area contributed by atoms with E-state index in [4.69, 9.17) is 0 Å². The van der Waals surface area contributed by atoms with E-state index in [1.807, 2.05) is 19.0 Å². The summed E-state index contributed by atoms with van der Waals surface area (Å²) >= 11 is 4.99. The third-order valence-corrected chi connectivity index (χ3v) is 5.07. The van der Waals surface area contributed by atoms with Crippen LogP contribution < -0.4 is 0 Å². The van der Waals surface area contributed by atoms with Gasteiger partial charge < -0.3 is 0 Å². The van der Waals surface area contributed by atoms with Crippen LogP contribution >= 0.6 is 12.6 Å². The Hall–Kier alpha value is 0.495. The van der Waals surface area contributed by atoms with Crippen molar-refractivity contribution in [3.63, 3.8) is 0 Å². The first-order valence-corrected chi connectivity index (χ1v) is 6.77. The molecule has 0 fully saturated rings. The predicted octanol–water partition coefficient (Wildman–Crippen LogP) is 1.59. The molecule has 0 spiro atoms. The van der Waals surface area contributed by atoms with E-state index in [0.29, 0.717) is 32.0 Å². The third-order valence-electron chi connectivity index (χ3n) is 1.91. The minimum atomic E-state index is 0.515. The van der Waals surface area contributed by atoms with Crippen LogP contribution in [0.1, 0.15) is 13.8 Å². The Labute approximate surface area is 89.1 Å². The zero-order valence-electron chi connectivity index (χ0n) is 7.13. The van der Waals surface area contributed by atoms with E-state index in [9.17, 15) is 0 Å². The molecule has 0 saturated heterocycles. The van der Waals surface area contributed by atoms with Crippen LogP contribution in [0.4, 0.5) is 0 Å². The molecule has 1 atom stereocenters. The summed E-state index contributed by atoms with van der Waals surface area (Å²) in [5.41, 5.74) is 1.26. The molecule has 4 heteroatoms. The molecule has 1 aliphatic rings. The van der Waals surface area contributed by atoms with Crippen molar-refractivity contribution in [3.8, 4) is 0 Å². The SMILES string of the molecule is CC(S)=C1C(C)[C]([Hg])=NN1C. The fraction of sp³-hybridized carbons (Fsp3) is 0.571. The standard InChI is InChI=1S/C7H11N2S.Hg/c1-5-4-8-9(3)7(5)6(2)10;/h5,10H,1-3H3;. The summed E-state index contributed by atoms with van der Waals surface area (Å²) < 4.78 is 1.36. The van der Waals surface area contributed by atoms with Crippen molar-refractivity contribution in [2.45, 2.75) is 13.8 Å². The van der Waals surface area contributed by atoms with Gasteiger partial charge in [-0.15, -0.1) is 0 Å². The molecule has 11 heavy (non-hydrogen) atoms. The van der Waals surface area contributed by atoms with E-state index in [0.717, 1.165) is 4.91 Å². The number of hydrazone groups is 1. The maximum atomic E-state index is 4.40. The normalized spacial score (nSPS) is 29.1. The first kappa shape index (κ1) is 9.58. The van der Waals surface area contributed by atoms with Crippen molar-refractivity contribution in [2.75, 3.05) is 7.05 Å². The molecule has 1 aliphatic heterocycles. The van der Waals surface area contributed by atoms with Gasteiger partial charge in [-0.05, 0) is 0 Å². The van der Waals surface area contributed by atoms with Crippen LogP contribution in [-0.4, -0.2) is 15.3 Å². The van der Waals surface area contributed by atoms with E-state index in [2.05, 4.69) is 24.7 Å². The molecule has 1 unspecified atom stereocenters.